The van der Waals surface area contributed by atoms with Crippen molar-refractivity contribution in [3.63, 3.8) is 0 Å². The number of fused-ring (bicyclic) bond motifs is 1. The number of aliphatic hydroxyl groups excluding tert-OH is 1. The number of ether oxygens (including phenoxy) is 2. The average molecular weight is 321 g/mol. The van der Waals surface area contributed by atoms with Crippen LogP contribution in [-0.2, 0) is 9.47 Å². The Balaban J connectivity index is 1.63. The molecular formula is C15H23N5O3. The minimum atomic E-state index is -0.632. The Labute approximate surface area is 134 Å². The number of anilines is 1. The second kappa shape index (κ2) is 7.20. The van der Waals surface area contributed by atoms with Crippen molar-refractivity contribution >= 4 is 17.0 Å². The fourth-order valence-electron chi connectivity index (χ4n) is 2.81. The molecular weight excluding hydrogens is 298 g/mol. The van der Waals surface area contributed by atoms with Gasteiger partial charge in [0.15, 0.2) is 17.7 Å². The lowest BCUT2D eigenvalue weighted by atomic mass is 10.2. The van der Waals surface area contributed by atoms with Crippen LogP contribution in [0.4, 0.5) is 5.82 Å². The van der Waals surface area contributed by atoms with E-state index in [2.05, 4.69) is 21.9 Å². The fourth-order valence-corrected chi connectivity index (χ4v) is 2.81. The summed E-state index contributed by atoms with van der Waals surface area (Å²) in [6, 6.07) is 0. The normalized spacial score (nSPS) is 24.5. The molecule has 0 aromatic carbocycles. The summed E-state index contributed by atoms with van der Waals surface area (Å²) in [7, 11) is 0. The number of hydrogen-bond acceptors (Lipinski definition) is 7. The van der Waals surface area contributed by atoms with E-state index in [0.29, 0.717) is 30.0 Å². The number of rotatable bonds is 7. The number of nitrogen functional groups attached to an aromatic ring is 1. The van der Waals surface area contributed by atoms with Crippen LogP contribution in [0.15, 0.2) is 12.7 Å². The van der Waals surface area contributed by atoms with Gasteiger partial charge in [-0.2, -0.15) is 0 Å². The summed E-state index contributed by atoms with van der Waals surface area (Å²) in [5.41, 5.74) is 6.86. The largest absolute Gasteiger partial charge is 0.388 e. The lowest BCUT2D eigenvalue weighted by Gasteiger charge is -2.17. The molecule has 0 unspecified atom stereocenters. The number of aliphatic hydroxyl groups is 1. The van der Waals surface area contributed by atoms with Crippen molar-refractivity contribution in [2.24, 2.45) is 0 Å². The maximum absolute atomic E-state index is 10.3. The first-order valence-corrected chi connectivity index (χ1v) is 8.05. The average Bonchev–Trinajstić information content (AvgIpc) is 3.11. The zero-order valence-electron chi connectivity index (χ0n) is 13.3. The first-order chi connectivity index (χ1) is 11.2. The van der Waals surface area contributed by atoms with Crippen molar-refractivity contribution in [2.75, 3.05) is 18.9 Å². The Morgan fingerprint density at radius 1 is 1.39 bits per heavy atom. The molecule has 0 bridgehead atoms. The zero-order chi connectivity index (χ0) is 16.2. The summed E-state index contributed by atoms with van der Waals surface area (Å²) in [5, 5.41) is 10.3. The maximum Gasteiger partial charge on any atom is 0.167 e. The predicted octanol–water partition coefficient (Wildman–Crippen LogP) is 1.26. The molecule has 3 atom stereocenters. The highest BCUT2D eigenvalue weighted by molar-refractivity contribution is 5.81. The van der Waals surface area contributed by atoms with Crippen LogP contribution in [0.5, 0.6) is 0 Å². The third kappa shape index (κ3) is 3.44. The number of nitrogens with two attached hydrogens (primary N) is 1. The van der Waals surface area contributed by atoms with Gasteiger partial charge >= 0.3 is 0 Å². The first-order valence-electron chi connectivity index (χ1n) is 8.05. The van der Waals surface area contributed by atoms with Crippen molar-refractivity contribution in [3.8, 4) is 0 Å². The lowest BCUT2D eigenvalue weighted by Crippen LogP contribution is -2.19. The highest BCUT2D eigenvalue weighted by Crippen LogP contribution is 2.31. The fraction of sp³-hybridized carbons (Fsp3) is 0.667. The summed E-state index contributed by atoms with van der Waals surface area (Å²) >= 11 is 0. The molecule has 0 spiro atoms. The summed E-state index contributed by atoms with van der Waals surface area (Å²) < 4.78 is 13.3. The van der Waals surface area contributed by atoms with E-state index in [0.717, 1.165) is 13.0 Å². The van der Waals surface area contributed by atoms with E-state index in [1.807, 2.05) is 0 Å². The van der Waals surface area contributed by atoms with Gasteiger partial charge in [0.1, 0.15) is 17.9 Å². The molecule has 1 fully saturated rings. The van der Waals surface area contributed by atoms with E-state index in [-0.39, 0.29) is 6.10 Å². The Bertz CT molecular complexity index is 647. The van der Waals surface area contributed by atoms with Crippen LogP contribution in [0, 0.1) is 0 Å². The van der Waals surface area contributed by atoms with Gasteiger partial charge < -0.3 is 20.3 Å². The van der Waals surface area contributed by atoms with Crippen molar-refractivity contribution < 1.29 is 14.6 Å². The van der Waals surface area contributed by atoms with Crippen molar-refractivity contribution in [1.29, 1.82) is 0 Å². The number of aromatic nitrogens is 4. The van der Waals surface area contributed by atoms with E-state index in [1.165, 1.54) is 19.2 Å². The molecule has 1 aliphatic rings. The van der Waals surface area contributed by atoms with Gasteiger partial charge in [0.25, 0.3) is 0 Å². The van der Waals surface area contributed by atoms with Gasteiger partial charge in [-0.15, -0.1) is 0 Å². The van der Waals surface area contributed by atoms with Crippen LogP contribution in [0.2, 0.25) is 0 Å². The van der Waals surface area contributed by atoms with Crippen LogP contribution in [0.3, 0.4) is 0 Å². The molecule has 0 radical (unpaired) electrons. The van der Waals surface area contributed by atoms with Crippen molar-refractivity contribution in [2.45, 2.75) is 51.0 Å². The predicted molar refractivity (Wildman–Crippen MR) is 84.6 cm³/mol. The van der Waals surface area contributed by atoms with Gasteiger partial charge in [-0.1, -0.05) is 19.8 Å². The van der Waals surface area contributed by atoms with Crippen molar-refractivity contribution in [1.82, 2.24) is 19.5 Å². The molecule has 3 rings (SSSR count). The third-order valence-electron chi connectivity index (χ3n) is 4.02. The number of unbranched alkanes of at least 4 members (excludes halogenated alkanes) is 2. The monoisotopic (exact) mass is 321 g/mol. The van der Waals surface area contributed by atoms with Crippen LogP contribution in [0.1, 0.15) is 38.8 Å². The van der Waals surface area contributed by atoms with Gasteiger partial charge in [0.2, 0.25) is 0 Å². The molecule has 8 nitrogen and oxygen atoms in total. The van der Waals surface area contributed by atoms with Crippen LogP contribution >= 0.6 is 0 Å². The number of nitrogens with zero attached hydrogens (tertiary/aromatic N) is 4. The number of hydrogen-bond donors (Lipinski definition) is 2. The molecule has 8 heteroatoms. The van der Waals surface area contributed by atoms with E-state index < -0.39 is 12.3 Å². The number of imidazole rings is 1. The van der Waals surface area contributed by atoms with E-state index in [1.54, 1.807) is 10.9 Å². The molecule has 2 aromatic heterocycles. The SMILES string of the molecule is CCCCCOC[C@@H]1C[C@@H](O)[C@H](n2cnc3c(N)ncnc32)O1. The van der Waals surface area contributed by atoms with E-state index >= 15 is 0 Å². The molecule has 3 heterocycles. The Kier molecular flexibility index (Phi) is 5.04. The van der Waals surface area contributed by atoms with Crippen LogP contribution < -0.4 is 5.73 Å². The van der Waals surface area contributed by atoms with Crippen molar-refractivity contribution in [3.05, 3.63) is 12.7 Å². The summed E-state index contributed by atoms with van der Waals surface area (Å²) in [6.45, 7) is 3.38. The van der Waals surface area contributed by atoms with Gasteiger partial charge in [0, 0.05) is 13.0 Å². The van der Waals surface area contributed by atoms with Gasteiger partial charge in [-0.25, -0.2) is 15.0 Å². The Hall–Kier alpha value is -1.77. The summed E-state index contributed by atoms with van der Waals surface area (Å²) in [4.78, 5) is 12.3. The molecule has 23 heavy (non-hydrogen) atoms. The van der Waals surface area contributed by atoms with E-state index in [4.69, 9.17) is 15.2 Å². The standard InChI is InChI=1S/C15H23N5O3/c1-2-3-4-5-22-7-10-6-11(21)15(23-10)20-9-19-12-13(16)17-8-18-14(12)20/h8-11,15,21H,2-7H2,1H3,(H2,16,17,18)/t10-,11+,15+/m0/s1. The lowest BCUT2D eigenvalue weighted by molar-refractivity contribution is -0.0602. The highest BCUT2D eigenvalue weighted by Gasteiger charge is 2.36. The molecule has 0 saturated carbocycles. The summed E-state index contributed by atoms with van der Waals surface area (Å²) in [6.07, 6.45) is 5.58. The Morgan fingerprint density at radius 3 is 3.09 bits per heavy atom. The molecule has 3 N–H and O–H groups in total. The zero-order valence-corrected chi connectivity index (χ0v) is 13.3. The molecule has 126 valence electrons. The highest BCUT2D eigenvalue weighted by atomic mass is 16.6. The van der Waals surface area contributed by atoms with Crippen LogP contribution in [-0.4, -0.2) is 50.0 Å². The van der Waals surface area contributed by atoms with Crippen LogP contribution in [0.25, 0.3) is 11.2 Å². The minimum Gasteiger partial charge on any atom is -0.388 e. The quantitative estimate of drug-likeness (QED) is 0.739. The molecule has 2 aromatic rings. The molecule has 1 aliphatic heterocycles. The second-order valence-electron chi connectivity index (χ2n) is 5.82. The van der Waals surface area contributed by atoms with Gasteiger partial charge in [-0.05, 0) is 6.42 Å². The smallest absolute Gasteiger partial charge is 0.167 e. The Morgan fingerprint density at radius 2 is 2.26 bits per heavy atom. The molecule has 0 aliphatic carbocycles. The first kappa shape index (κ1) is 16.1. The van der Waals surface area contributed by atoms with Gasteiger partial charge in [0.05, 0.1) is 19.0 Å². The second-order valence-corrected chi connectivity index (χ2v) is 5.82. The van der Waals surface area contributed by atoms with Gasteiger partial charge in [-0.3, -0.25) is 4.57 Å². The topological polar surface area (TPSA) is 108 Å². The molecule has 0 amide bonds. The molecule has 1 saturated heterocycles. The third-order valence-corrected chi connectivity index (χ3v) is 4.02. The van der Waals surface area contributed by atoms with E-state index in [9.17, 15) is 5.11 Å². The summed E-state index contributed by atoms with van der Waals surface area (Å²) in [5.74, 6) is 0.317. The maximum atomic E-state index is 10.3. The minimum absolute atomic E-state index is 0.131.